The summed E-state index contributed by atoms with van der Waals surface area (Å²) in [6.45, 7) is 6.68. The number of carbonyl (C=O) groups excluding carboxylic acids is 1. The van der Waals surface area contributed by atoms with Crippen LogP contribution >= 0.6 is 0 Å². The molecule has 0 aliphatic carbocycles. The number of likely N-dealkylation sites (tertiary alicyclic amines) is 1. The van der Waals surface area contributed by atoms with E-state index in [1.54, 1.807) is 19.2 Å². The van der Waals surface area contributed by atoms with Crippen LogP contribution in [0.1, 0.15) is 51.8 Å². The molecule has 0 saturated carbocycles. The van der Waals surface area contributed by atoms with Gasteiger partial charge in [0.15, 0.2) is 0 Å². The van der Waals surface area contributed by atoms with Crippen molar-refractivity contribution in [3.05, 3.63) is 76.7 Å². The van der Waals surface area contributed by atoms with Crippen molar-refractivity contribution in [3.63, 3.8) is 0 Å². The Balaban J connectivity index is 1.42. The fraction of sp³-hybridized carbons (Fsp3) is 0.385. The summed E-state index contributed by atoms with van der Waals surface area (Å²) in [6, 6.07) is 15.4. The third-order valence-electron chi connectivity index (χ3n) is 6.18. The number of nitrogens with one attached hydrogen (secondary N) is 1. The van der Waals surface area contributed by atoms with Gasteiger partial charge in [0.1, 0.15) is 23.9 Å². The van der Waals surface area contributed by atoms with Gasteiger partial charge in [0.25, 0.3) is 5.91 Å². The average molecular weight is 450 g/mol. The molecule has 2 heterocycles. The predicted octanol–water partition coefficient (Wildman–Crippen LogP) is 4.45. The van der Waals surface area contributed by atoms with Crippen LogP contribution in [-0.4, -0.2) is 42.7 Å². The van der Waals surface area contributed by atoms with Gasteiger partial charge in [-0.3, -0.25) is 9.69 Å². The Morgan fingerprint density at radius 2 is 1.88 bits per heavy atom. The first-order chi connectivity index (χ1) is 16.0. The summed E-state index contributed by atoms with van der Waals surface area (Å²) in [6.07, 6.45) is 2.36. The molecule has 1 fully saturated rings. The summed E-state index contributed by atoms with van der Waals surface area (Å²) in [5.41, 5.74) is 3.45. The highest BCUT2D eigenvalue weighted by molar-refractivity contribution is 5.94. The average Bonchev–Trinajstić information content (AvgIpc) is 3.48. The Kier molecular flexibility index (Phi) is 7.29. The normalized spacial score (nSPS) is 14.8. The monoisotopic (exact) mass is 449 g/mol. The van der Waals surface area contributed by atoms with E-state index in [0.717, 1.165) is 41.4 Å². The Bertz CT molecular complexity index is 1070. The minimum Gasteiger partial charge on any atom is -0.497 e. The number of benzene rings is 2. The number of carbonyl (C=O) groups is 1. The zero-order valence-corrected chi connectivity index (χ0v) is 19.5. The standard InChI is InChI=1S/C26H31N3O4/c1-18-24(19(2)33-28-18)17-32-23-11-7-9-21(15-23)26(30)27-16-25(29-12-4-5-13-29)20-8-6-10-22(14-20)31-3/h6-11,14-15,25H,4-5,12-13,16-17H2,1-3H3,(H,27,30). The molecule has 1 atom stereocenters. The van der Waals surface area contributed by atoms with Gasteiger partial charge in [-0.2, -0.15) is 0 Å². The second-order valence-electron chi connectivity index (χ2n) is 8.36. The molecule has 4 rings (SSSR count). The summed E-state index contributed by atoms with van der Waals surface area (Å²) < 4.78 is 16.5. The van der Waals surface area contributed by atoms with Crippen molar-refractivity contribution in [2.45, 2.75) is 39.3 Å². The van der Waals surface area contributed by atoms with Crippen molar-refractivity contribution in [1.29, 1.82) is 0 Å². The fourth-order valence-electron chi connectivity index (χ4n) is 4.24. The molecule has 1 N–H and O–H groups in total. The molecule has 174 valence electrons. The molecule has 1 aliphatic heterocycles. The zero-order valence-electron chi connectivity index (χ0n) is 19.5. The van der Waals surface area contributed by atoms with Crippen LogP contribution in [0, 0.1) is 13.8 Å². The minimum absolute atomic E-state index is 0.102. The number of aromatic nitrogens is 1. The first-order valence-electron chi connectivity index (χ1n) is 11.4. The van der Waals surface area contributed by atoms with E-state index in [1.807, 2.05) is 38.1 Å². The van der Waals surface area contributed by atoms with Gasteiger partial charge in [-0.15, -0.1) is 0 Å². The molecule has 1 aromatic heterocycles. The first-order valence-corrected chi connectivity index (χ1v) is 11.4. The van der Waals surface area contributed by atoms with Crippen molar-refractivity contribution >= 4 is 5.91 Å². The van der Waals surface area contributed by atoms with Gasteiger partial charge >= 0.3 is 0 Å². The highest BCUT2D eigenvalue weighted by atomic mass is 16.5. The van der Waals surface area contributed by atoms with Crippen molar-refractivity contribution in [2.24, 2.45) is 0 Å². The lowest BCUT2D eigenvalue weighted by atomic mass is 10.0. The maximum atomic E-state index is 13.0. The molecule has 0 spiro atoms. The van der Waals surface area contributed by atoms with Gasteiger partial charge in [-0.05, 0) is 75.7 Å². The molecule has 2 aromatic carbocycles. The Morgan fingerprint density at radius 3 is 2.61 bits per heavy atom. The second kappa shape index (κ2) is 10.5. The molecular weight excluding hydrogens is 418 g/mol. The molecule has 1 unspecified atom stereocenters. The molecule has 33 heavy (non-hydrogen) atoms. The van der Waals surface area contributed by atoms with Gasteiger partial charge in [-0.25, -0.2) is 0 Å². The number of nitrogens with zero attached hydrogens (tertiary/aromatic N) is 2. The number of hydrogen-bond donors (Lipinski definition) is 1. The van der Waals surface area contributed by atoms with E-state index in [2.05, 4.69) is 27.5 Å². The van der Waals surface area contributed by atoms with Crippen LogP contribution in [0.3, 0.4) is 0 Å². The third-order valence-corrected chi connectivity index (χ3v) is 6.18. The molecule has 7 nitrogen and oxygen atoms in total. The van der Waals surface area contributed by atoms with Crippen molar-refractivity contribution in [1.82, 2.24) is 15.4 Å². The quantitative estimate of drug-likeness (QED) is 0.520. The van der Waals surface area contributed by atoms with E-state index in [0.29, 0.717) is 24.5 Å². The summed E-state index contributed by atoms with van der Waals surface area (Å²) in [5.74, 6) is 2.08. The zero-order chi connectivity index (χ0) is 23.2. The molecule has 0 bridgehead atoms. The maximum absolute atomic E-state index is 13.0. The highest BCUT2D eigenvalue weighted by Crippen LogP contribution is 2.27. The second-order valence-corrected chi connectivity index (χ2v) is 8.36. The van der Waals surface area contributed by atoms with Crippen LogP contribution in [0.2, 0.25) is 0 Å². The molecule has 1 amide bonds. The van der Waals surface area contributed by atoms with E-state index in [4.69, 9.17) is 14.0 Å². The number of methoxy groups -OCH3 is 1. The number of aryl methyl sites for hydroxylation is 2. The van der Waals surface area contributed by atoms with Gasteiger partial charge in [-0.1, -0.05) is 23.4 Å². The molecule has 0 radical (unpaired) electrons. The predicted molar refractivity (Wildman–Crippen MR) is 126 cm³/mol. The van der Waals surface area contributed by atoms with Crippen LogP contribution in [-0.2, 0) is 6.61 Å². The van der Waals surface area contributed by atoms with Crippen LogP contribution in [0.4, 0.5) is 0 Å². The van der Waals surface area contributed by atoms with Crippen LogP contribution in [0.25, 0.3) is 0 Å². The van der Waals surface area contributed by atoms with Gasteiger partial charge < -0.3 is 19.3 Å². The topological polar surface area (TPSA) is 76.8 Å². The van der Waals surface area contributed by atoms with Crippen molar-refractivity contribution in [2.75, 3.05) is 26.7 Å². The van der Waals surface area contributed by atoms with Crippen molar-refractivity contribution < 1.29 is 18.8 Å². The Labute approximate surface area is 194 Å². The van der Waals surface area contributed by atoms with Crippen LogP contribution < -0.4 is 14.8 Å². The number of rotatable bonds is 9. The maximum Gasteiger partial charge on any atom is 0.251 e. The highest BCUT2D eigenvalue weighted by Gasteiger charge is 2.24. The number of hydrogen-bond acceptors (Lipinski definition) is 6. The van der Waals surface area contributed by atoms with Crippen molar-refractivity contribution in [3.8, 4) is 11.5 Å². The largest absolute Gasteiger partial charge is 0.497 e. The SMILES string of the molecule is COc1cccc(C(CNC(=O)c2cccc(OCc3c(C)noc3C)c2)N2CCCC2)c1. The fourth-order valence-corrected chi connectivity index (χ4v) is 4.24. The van der Waals surface area contributed by atoms with Crippen LogP contribution in [0.15, 0.2) is 53.1 Å². The molecule has 7 heteroatoms. The third kappa shape index (κ3) is 5.54. The van der Waals surface area contributed by atoms with Gasteiger partial charge in [0.05, 0.1) is 24.4 Å². The molecule has 1 aliphatic rings. The summed E-state index contributed by atoms with van der Waals surface area (Å²) >= 11 is 0. The minimum atomic E-state index is -0.120. The molecular formula is C26H31N3O4. The lowest BCUT2D eigenvalue weighted by molar-refractivity contribution is 0.0937. The summed E-state index contributed by atoms with van der Waals surface area (Å²) in [4.78, 5) is 15.4. The van der Waals surface area contributed by atoms with E-state index >= 15 is 0 Å². The molecule has 3 aromatic rings. The van der Waals surface area contributed by atoms with E-state index in [-0.39, 0.29) is 11.9 Å². The number of amides is 1. The smallest absolute Gasteiger partial charge is 0.251 e. The van der Waals surface area contributed by atoms with Gasteiger partial charge in [0, 0.05) is 12.1 Å². The Hall–Kier alpha value is -3.32. The van der Waals surface area contributed by atoms with E-state index in [9.17, 15) is 4.79 Å². The first kappa shape index (κ1) is 22.9. The Morgan fingerprint density at radius 1 is 1.12 bits per heavy atom. The summed E-state index contributed by atoms with van der Waals surface area (Å²) in [7, 11) is 1.67. The summed E-state index contributed by atoms with van der Waals surface area (Å²) in [5, 5.41) is 7.08. The van der Waals surface area contributed by atoms with E-state index in [1.165, 1.54) is 12.8 Å². The van der Waals surface area contributed by atoms with Crippen LogP contribution in [0.5, 0.6) is 11.5 Å². The number of ether oxygens (including phenoxy) is 2. The molecule has 1 saturated heterocycles. The van der Waals surface area contributed by atoms with Gasteiger partial charge in [0.2, 0.25) is 0 Å². The lowest BCUT2D eigenvalue weighted by Crippen LogP contribution is -2.36. The lowest BCUT2D eigenvalue weighted by Gasteiger charge is -2.28. The van der Waals surface area contributed by atoms with E-state index < -0.39 is 0 Å².